The van der Waals surface area contributed by atoms with E-state index >= 15 is 0 Å². The van der Waals surface area contributed by atoms with Gasteiger partial charge in [-0.15, -0.1) is 0 Å². The van der Waals surface area contributed by atoms with Gasteiger partial charge in [-0.25, -0.2) is 4.39 Å². The van der Waals surface area contributed by atoms with Crippen LogP contribution in [-0.4, -0.2) is 5.11 Å². The molecule has 0 unspecified atom stereocenters. The maximum Gasteiger partial charge on any atom is 0.126 e. The van der Waals surface area contributed by atoms with Crippen molar-refractivity contribution in [2.45, 2.75) is 20.1 Å². The van der Waals surface area contributed by atoms with Gasteiger partial charge in [0, 0.05) is 10.6 Å². The van der Waals surface area contributed by atoms with Gasteiger partial charge in [0.05, 0.1) is 6.61 Å². The first-order valence-corrected chi connectivity index (χ1v) is 6.25. The highest BCUT2D eigenvalue weighted by molar-refractivity contribution is 6.31. The van der Waals surface area contributed by atoms with Crippen molar-refractivity contribution in [2.24, 2.45) is 0 Å². The molecule has 0 spiro atoms. The van der Waals surface area contributed by atoms with E-state index in [1.165, 1.54) is 12.1 Å². The van der Waals surface area contributed by atoms with E-state index in [4.69, 9.17) is 16.3 Å². The Bertz CT molecular complexity index is 584. The maximum absolute atomic E-state index is 13.0. The highest BCUT2D eigenvalue weighted by Crippen LogP contribution is 2.27. The topological polar surface area (TPSA) is 29.5 Å². The van der Waals surface area contributed by atoms with Crippen LogP contribution in [0.15, 0.2) is 36.4 Å². The van der Waals surface area contributed by atoms with Crippen molar-refractivity contribution in [3.05, 3.63) is 63.9 Å². The first-order chi connectivity index (χ1) is 9.11. The molecule has 2 nitrogen and oxygen atoms in total. The van der Waals surface area contributed by atoms with E-state index in [9.17, 15) is 9.50 Å². The molecule has 0 aromatic heterocycles. The number of aliphatic hydroxyl groups excluding tert-OH is 1. The molecule has 0 aliphatic carbocycles. The summed E-state index contributed by atoms with van der Waals surface area (Å²) >= 11 is 5.97. The lowest BCUT2D eigenvalue weighted by Gasteiger charge is -2.12. The second-order valence-corrected chi connectivity index (χ2v) is 4.64. The number of rotatable bonds is 4. The fraction of sp³-hybridized carbons (Fsp3) is 0.200. The molecule has 19 heavy (non-hydrogen) atoms. The molecule has 0 saturated heterocycles. The first kappa shape index (κ1) is 13.8. The van der Waals surface area contributed by atoms with Gasteiger partial charge in [0.15, 0.2) is 0 Å². The molecule has 2 aromatic carbocycles. The van der Waals surface area contributed by atoms with E-state index in [1.54, 1.807) is 24.3 Å². The minimum atomic E-state index is -0.264. The summed E-state index contributed by atoms with van der Waals surface area (Å²) in [6.45, 7) is 1.95. The van der Waals surface area contributed by atoms with Gasteiger partial charge < -0.3 is 9.84 Å². The van der Waals surface area contributed by atoms with Gasteiger partial charge in [0.2, 0.25) is 0 Å². The third kappa shape index (κ3) is 3.25. The fourth-order valence-corrected chi connectivity index (χ4v) is 2.03. The normalized spacial score (nSPS) is 10.5. The van der Waals surface area contributed by atoms with E-state index in [-0.39, 0.29) is 12.4 Å². The second kappa shape index (κ2) is 6.04. The third-order valence-corrected chi connectivity index (χ3v) is 3.28. The van der Waals surface area contributed by atoms with Gasteiger partial charge in [-0.3, -0.25) is 0 Å². The lowest BCUT2D eigenvalue weighted by atomic mass is 10.1. The zero-order chi connectivity index (χ0) is 13.8. The molecule has 2 aromatic rings. The number of hydrogen-bond donors (Lipinski definition) is 1. The Morgan fingerprint density at radius 1 is 1.26 bits per heavy atom. The van der Waals surface area contributed by atoms with Crippen molar-refractivity contribution in [3.63, 3.8) is 0 Å². The van der Waals surface area contributed by atoms with E-state index in [1.807, 2.05) is 6.92 Å². The summed E-state index contributed by atoms with van der Waals surface area (Å²) in [6.07, 6.45) is 0. The molecule has 0 amide bonds. The van der Waals surface area contributed by atoms with E-state index in [2.05, 4.69) is 0 Å². The smallest absolute Gasteiger partial charge is 0.126 e. The monoisotopic (exact) mass is 280 g/mol. The van der Waals surface area contributed by atoms with Gasteiger partial charge >= 0.3 is 0 Å². The minimum absolute atomic E-state index is 0.183. The highest BCUT2D eigenvalue weighted by atomic mass is 35.5. The van der Waals surface area contributed by atoms with Crippen molar-refractivity contribution >= 4 is 11.6 Å². The molecule has 0 heterocycles. The van der Waals surface area contributed by atoms with Crippen molar-refractivity contribution in [1.29, 1.82) is 0 Å². The second-order valence-electron chi connectivity index (χ2n) is 4.23. The van der Waals surface area contributed by atoms with Crippen LogP contribution >= 0.6 is 11.6 Å². The molecule has 2 rings (SSSR count). The van der Waals surface area contributed by atoms with Gasteiger partial charge in [-0.05, 0) is 42.3 Å². The van der Waals surface area contributed by atoms with Gasteiger partial charge in [-0.2, -0.15) is 0 Å². The summed E-state index contributed by atoms with van der Waals surface area (Å²) in [6, 6.07) is 9.75. The van der Waals surface area contributed by atoms with Gasteiger partial charge in [0.1, 0.15) is 18.2 Å². The average molecular weight is 281 g/mol. The van der Waals surface area contributed by atoms with Crippen molar-refractivity contribution in [1.82, 2.24) is 0 Å². The lowest BCUT2D eigenvalue weighted by molar-refractivity contribution is 0.259. The van der Waals surface area contributed by atoms with Crippen LogP contribution < -0.4 is 4.74 Å². The molecule has 1 N–H and O–H groups in total. The fourth-order valence-electron chi connectivity index (χ4n) is 1.80. The molecule has 0 aliphatic heterocycles. The average Bonchev–Trinajstić information content (AvgIpc) is 2.38. The summed E-state index contributed by atoms with van der Waals surface area (Å²) in [7, 11) is 0. The summed E-state index contributed by atoms with van der Waals surface area (Å²) in [5, 5.41) is 9.74. The number of aryl methyl sites for hydroxylation is 1. The summed E-state index contributed by atoms with van der Waals surface area (Å²) < 4.78 is 18.6. The Kier molecular flexibility index (Phi) is 4.40. The number of aliphatic hydroxyl groups is 1. The SMILES string of the molecule is Cc1cc(F)ccc1COc1cccc(Cl)c1CO. The molecule has 4 heteroatoms. The molecule has 0 fully saturated rings. The number of halogens is 2. The molecular weight excluding hydrogens is 267 g/mol. The van der Waals surface area contributed by atoms with Crippen molar-refractivity contribution in [3.8, 4) is 5.75 Å². The van der Waals surface area contributed by atoms with Crippen LogP contribution in [0.1, 0.15) is 16.7 Å². The third-order valence-electron chi connectivity index (χ3n) is 2.92. The number of hydrogen-bond acceptors (Lipinski definition) is 2. The predicted octanol–water partition coefficient (Wildman–Crippen LogP) is 3.86. The molecule has 0 atom stereocenters. The molecule has 0 radical (unpaired) electrons. The molecule has 0 bridgehead atoms. The quantitative estimate of drug-likeness (QED) is 0.921. The van der Waals surface area contributed by atoms with Crippen LogP contribution in [0.4, 0.5) is 4.39 Å². The van der Waals surface area contributed by atoms with E-state index < -0.39 is 0 Å². The van der Waals surface area contributed by atoms with Crippen molar-refractivity contribution in [2.75, 3.05) is 0 Å². The number of benzene rings is 2. The predicted molar refractivity (Wildman–Crippen MR) is 72.8 cm³/mol. The van der Waals surface area contributed by atoms with Crippen LogP contribution in [0.25, 0.3) is 0 Å². The zero-order valence-corrected chi connectivity index (χ0v) is 11.2. The van der Waals surface area contributed by atoms with Crippen LogP contribution in [0.3, 0.4) is 0 Å². The van der Waals surface area contributed by atoms with Gasteiger partial charge in [0.25, 0.3) is 0 Å². The summed E-state index contributed by atoms with van der Waals surface area (Å²) in [4.78, 5) is 0. The zero-order valence-electron chi connectivity index (χ0n) is 10.5. The number of ether oxygens (including phenoxy) is 1. The summed E-state index contributed by atoms with van der Waals surface area (Å²) in [5.41, 5.74) is 2.28. The largest absolute Gasteiger partial charge is 0.488 e. The van der Waals surface area contributed by atoms with Gasteiger partial charge in [-0.1, -0.05) is 23.7 Å². The Morgan fingerprint density at radius 3 is 2.74 bits per heavy atom. The molecule has 100 valence electrons. The molecule has 0 saturated carbocycles. The van der Waals surface area contributed by atoms with Crippen molar-refractivity contribution < 1.29 is 14.2 Å². The molecule has 0 aliphatic rings. The summed E-state index contributed by atoms with van der Waals surface area (Å²) in [5.74, 6) is 0.277. The highest BCUT2D eigenvalue weighted by Gasteiger charge is 2.08. The van der Waals surface area contributed by atoms with Crippen LogP contribution in [0.2, 0.25) is 5.02 Å². The van der Waals surface area contributed by atoms with Crippen LogP contribution in [-0.2, 0) is 13.2 Å². The lowest BCUT2D eigenvalue weighted by Crippen LogP contribution is -2.01. The maximum atomic E-state index is 13.0. The van der Waals surface area contributed by atoms with Crippen LogP contribution in [0, 0.1) is 12.7 Å². The standard InChI is InChI=1S/C15H14ClFO2/c1-10-7-12(17)6-5-11(10)9-19-15-4-2-3-14(16)13(15)8-18/h2-7,18H,8-9H2,1H3. The Labute approximate surface area is 116 Å². The van der Waals surface area contributed by atoms with E-state index in [0.717, 1.165) is 11.1 Å². The Balaban J connectivity index is 2.17. The van der Waals surface area contributed by atoms with E-state index in [0.29, 0.717) is 22.9 Å². The molecular formula is C15H14ClFO2. The Hall–Kier alpha value is -1.58. The Morgan fingerprint density at radius 2 is 2.05 bits per heavy atom. The van der Waals surface area contributed by atoms with Crippen LogP contribution in [0.5, 0.6) is 5.75 Å². The minimum Gasteiger partial charge on any atom is -0.488 e. The first-order valence-electron chi connectivity index (χ1n) is 5.88.